The lowest BCUT2D eigenvalue weighted by molar-refractivity contribution is -0.121. The summed E-state index contributed by atoms with van der Waals surface area (Å²) in [6.45, 7) is 0.468. The summed E-state index contributed by atoms with van der Waals surface area (Å²) in [5.41, 5.74) is 8.33. The van der Waals surface area contributed by atoms with Crippen molar-refractivity contribution in [2.45, 2.75) is 6.54 Å². The Morgan fingerprint density at radius 2 is 1.86 bits per heavy atom. The molecule has 0 fully saturated rings. The number of halogens is 2. The maximum Gasteiger partial charge on any atom is 0.265 e. The molecule has 1 amide bonds. The van der Waals surface area contributed by atoms with Gasteiger partial charge in [0.2, 0.25) is 0 Å². The quantitative estimate of drug-likeness (QED) is 0.766. The van der Waals surface area contributed by atoms with Crippen molar-refractivity contribution in [2.24, 2.45) is 0 Å². The van der Waals surface area contributed by atoms with E-state index in [2.05, 4.69) is 31.9 Å². The first-order valence-electron chi connectivity index (χ1n) is 6.31. The lowest BCUT2D eigenvalue weighted by Gasteiger charge is -2.30. The Balaban J connectivity index is 1.98. The SMILES string of the molecule is Nc1cc(Br)ccc1CN1C(=O)COc2ccc(Br)cc21. The van der Waals surface area contributed by atoms with Crippen LogP contribution in [0.25, 0.3) is 0 Å². The van der Waals surface area contributed by atoms with Crippen molar-refractivity contribution >= 4 is 49.1 Å². The summed E-state index contributed by atoms with van der Waals surface area (Å²) in [5, 5.41) is 0. The Morgan fingerprint density at radius 1 is 1.14 bits per heavy atom. The third-order valence-corrected chi connectivity index (χ3v) is 4.29. The molecular weight excluding hydrogens is 400 g/mol. The molecule has 0 unspecified atom stereocenters. The van der Waals surface area contributed by atoms with Crippen LogP contribution in [0.3, 0.4) is 0 Å². The van der Waals surface area contributed by atoms with Gasteiger partial charge in [-0.1, -0.05) is 37.9 Å². The number of nitrogen functional groups attached to an aromatic ring is 1. The lowest BCUT2D eigenvalue weighted by Crippen LogP contribution is -2.38. The van der Waals surface area contributed by atoms with Gasteiger partial charge in [-0.25, -0.2) is 0 Å². The van der Waals surface area contributed by atoms with Crippen LogP contribution in [0.2, 0.25) is 0 Å². The molecule has 0 atom stereocenters. The van der Waals surface area contributed by atoms with Gasteiger partial charge in [0.05, 0.1) is 12.2 Å². The zero-order valence-corrected chi connectivity index (χ0v) is 14.1. The van der Waals surface area contributed by atoms with Crippen LogP contribution in [0.5, 0.6) is 5.75 Å². The van der Waals surface area contributed by atoms with Gasteiger partial charge in [-0.2, -0.15) is 0 Å². The fourth-order valence-corrected chi connectivity index (χ4v) is 2.96. The lowest BCUT2D eigenvalue weighted by atomic mass is 10.1. The van der Waals surface area contributed by atoms with E-state index >= 15 is 0 Å². The third-order valence-electron chi connectivity index (χ3n) is 3.30. The van der Waals surface area contributed by atoms with Crippen molar-refractivity contribution in [3.63, 3.8) is 0 Å². The van der Waals surface area contributed by atoms with Crippen LogP contribution >= 0.6 is 31.9 Å². The second kappa shape index (κ2) is 5.69. The molecule has 2 aromatic carbocycles. The predicted octanol–water partition coefficient (Wildman–Crippen LogP) is 3.72. The maximum absolute atomic E-state index is 12.2. The summed E-state index contributed by atoms with van der Waals surface area (Å²) in [6, 6.07) is 11.3. The van der Waals surface area contributed by atoms with Crippen LogP contribution in [0, 0.1) is 0 Å². The summed E-state index contributed by atoms with van der Waals surface area (Å²) in [5.74, 6) is 0.622. The largest absolute Gasteiger partial charge is 0.482 e. The predicted molar refractivity (Wildman–Crippen MR) is 89.4 cm³/mol. The summed E-state index contributed by atoms with van der Waals surface area (Å²) < 4.78 is 7.27. The Kier molecular flexibility index (Phi) is 3.91. The molecule has 1 aliphatic heterocycles. The molecule has 0 saturated carbocycles. The van der Waals surface area contributed by atoms with Crippen molar-refractivity contribution in [3.05, 3.63) is 50.9 Å². The summed E-state index contributed by atoms with van der Waals surface area (Å²) >= 11 is 6.80. The van der Waals surface area contributed by atoms with Crippen molar-refractivity contribution in [2.75, 3.05) is 17.2 Å². The first kappa shape index (κ1) is 14.4. The summed E-state index contributed by atoms with van der Waals surface area (Å²) in [7, 11) is 0. The first-order valence-corrected chi connectivity index (χ1v) is 7.90. The fourth-order valence-electron chi connectivity index (χ4n) is 2.23. The Morgan fingerprint density at radius 3 is 2.62 bits per heavy atom. The normalized spacial score (nSPS) is 13.8. The maximum atomic E-state index is 12.2. The van der Waals surface area contributed by atoms with E-state index in [1.54, 1.807) is 4.90 Å². The molecule has 0 radical (unpaired) electrons. The van der Waals surface area contributed by atoms with Gasteiger partial charge >= 0.3 is 0 Å². The molecule has 21 heavy (non-hydrogen) atoms. The molecule has 2 aromatic rings. The number of anilines is 2. The van der Waals surface area contributed by atoms with E-state index in [1.165, 1.54) is 0 Å². The third kappa shape index (κ3) is 2.91. The first-order chi connectivity index (χ1) is 10.0. The highest BCUT2D eigenvalue weighted by Gasteiger charge is 2.26. The van der Waals surface area contributed by atoms with Gasteiger partial charge in [-0.3, -0.25) is 4.79 Å². The van der Waals surface area contributed by atoms with Crippen molar-refractivity contribution in [1.82, 2.24) is 0 Å². The number of nitrogens with two attached hydrogens (primary N) is 1. The Bertz CT molecular complexity index is 719. The number of amides is 1. The molecular formula is C15H12Br2N2O2. The molecule has 6 heteroatoms. The number of nitrogens with zero attached hydrogens (tertiary/aromatic N) is 1. The highest BCUT2D eigenvalue weighted by atomic mass is 79.9. The minimum absolute atomic E-state index is 0.0467. The highest BCUT2D eigenvalue weighted by molar-refractivity contribution is 9.10. The smallest absolute Gasteiger partial charge is 0.265 e. The summed E-state index contributed by atoms with van der Waals surface area (Å²) in [6.07, 6.45) is 0. The molecule has 4 nitrogen and oxygen atoms in total. The van der Waals surface area contributed by atoms with Gasteiger partial charge in [0, 0.05) is 14.6 Å². The van der Waals surface area contributed by atoms with Crippen molar-refractivity contribution < 1.29 is 9.53 Å². The zero-order valence-electron chi connectivity index (χ0n) is 11.0. The number of rotatable bonds is 2. The average Bonchev–Trinajstić information content (AvgIpc) is 2.44. The fraction of sp³-hybridized carbons (Fsp3) is 0.133. The number of ether oxygens (including phenoxy) is 1. The van der Waals surface area contributed by atoms with Gasteiger partial charge in [-0.15, -0.1) is 0 Å². The molecule has 3 rings (SSSR count). The molecule has 2 N–H and O–H groups in total. The number of carbonyl (C=O) groups is 1. The van der Waals surface area contributed by atoms with Crippen LogP contribution in [0.1, 0.15) is 5.56 Å². The molecule has 108 valence electrons. The Hall–Kier alpha value is -1.53. The van der Waals surface area contributed by atoms with E-state index < -0.39 is 0 Å². The number of fused-ring (bicyclic) bond motifs is 1. The van der Waals surface area contributed by atoms with E-state index in [0.717, 1.165) is 20.2 Å². The monoisotopic (exact) mass is 410 g/mol. The second-order valence-corrected chi connectivity index (χ2v) is 6.56. The van der Waals surface area contributed by atoms with Crippen LogP contribution < -0.4 is 15.4 Å². The minimum Gasteiger partial charge on any atom is -0.482 e. The van der Waals surface area contributed by atoms with E-state index in [0.29, 0.717) is 18.0 Å². The van der Waals surface area contributed by atoms with Crippen LogP contribution in [0.4, 0.5) is 11.4 Å². The van der Waals surface area contributed by atoms with E-state index in [4.69, 9.17) is 10.5 Å². The van der Waals surface area contributed by atoms with Crippen LogP contribution in [0.15, 0.2) is 45.3 Å². The van der Waals surface area contributed by atoms with Gasteiger partial charge in [0.1, 0.15) is 5.75 Å². The number of hydrogen-bond acceptors (Lipinski definition) is 3. The summed E-state index contributed by atoms with van der Waals surface area (Å²) in [4.78, 5) is 13.9. The number of benzene rings is 2. The topological polar surface area (TPSA) is 55.6 Å². The molecule has 0 aromatic heterocycles. The van der Waals surface area contributed by atoms with Crippen LogP contribution in [-0.4, -0.2) is 12.5 Å². The number of carbonyl (C=O) groups excluding carboxylic acids is 1. The van der Waals surface area contributed by atoms with Gasteiger partial charge in [0.15, 0.2) is 6.61 Å². The standard InChI is InChI=1S/C15H12Br2N2O2/c16-10-2-1-9(12(18)5-10)7-19-13-6-11(17)3-4-14(13)21-8-15(19)20/h1-6H,7-8,18H2. The average molecular weight is 412 g/mol. The molecule has 0 saturated heterocycles. The molecule has 0 bridgehead atoms. The molecule has 0 aliphatic carbocycles. The molecule has 0 spiro atoms. The van der Waals surface area contributed by atoms with Crippen molar-refractivity contribution in [3.8, 4) is 5.75 Å². The van der Waals surface area contributed by atoms with Crippen molar-refractivity contribution in [1.29, 1.82) is 0 Å². The van der Waals surface area contributed by atoms with E-state index in [9.17, 15) is 4.79 Å². The van der Waals surface area contributed by atoms with Crippen LogP contribution in [-0.2, 0) is 11.3 Å². The zero-order chi connectivity index (χ0) is 15.0. The highest BCUT2D eigenvalue weighted by Crippen LogP contribution is 2.36. The van der Waals surface area contributed by atoms with Gasteiger partial charge in [0.25, 0.3) is 5.91 Å². The molecule has 1 aliphatic rings. The van der Waals surface area contributed by atoms with E-state index in [-0.39, 0.29) is 12.5 Å². The Labute approximate surface area is 139 Å². The molecule has 1 heterocycles. The second-order valence-electron chi connectivity index (χ2n) is 4.72. The van der Waals surface area contributed by atoms with Gasteiger partial charge < -0.3 is 15.4 Å². The van der Waals surface area contributed by atoms with E-state index in [1.807, 2.05) is 36.4 Å². The number of hydrogen-bond donors (Lipinski definition) is 1. The minimum atomic E-state index is -0.0806. The van der Waals surface area contributed by atoms with Gasteiger partial charge in [-0.05, 0) is 35.9 Å².